The van der Waals surface area contributed by atoms with Crippen molar-refractivity contribution in [3.05, 3.63) is 36.2 Å². The molecule has 3 N–H and O–H groups in total. The van der Waals surface area contributed by atoms with Crippen LogP contribution in [0.3, 0.4) is 0 Å². The molecule has 7 heteroatoms. The molecule has 19 heavy (non-hydrogen) atoms. The van der Waals surface area contributed by atoms with E-state index in [0.29, 0.717) is 5.16 Å². The maximum atomic E-state index is 11.7. The zero-order valence-electron chi connectivity index (χ0n) is 10.5. The first-order valence-electron chi connectivity index (χ1n) is 5.85. The van der Waals surface area contributed by atoms with E-state index in [4.69, 9.17) is 5.84 Å². The van der Waals surface area contributed by atoms with Crippen LogP contribution in [0.25, 0.3) is 0 Å². The number of nitrogens with zero attached hydrogens (tertiary/aromatic N) is 3. The molecule has 0 radical (unpaired) electrons. The highest BCUT2D eigenvalue weighted by molar-refractivity contribution is 7.99. The number of hydrogen-bond donors (Lipinski definition) is 2. The molecule has 0 unspecified atom stereocenters. The SMILES string of the molecule is CCc1ccc(NC(=O)CSc2nncn2N)cc1. The monoisotopic (exact) mass is 277 g/mol. The predicted octanol–water partition coefficient (Wildman–Crippen LogP) is 1.29. The number of carbonyl (C=O) groups is 1. The highest BCUT2D eigenvalue weighted by Crippen LogP contribution is 2.14. The molecule has 100 valence electrons. The summed E-state index contributed by atoms with van der Waals surface area (Å²) >= 11 is 1.24. The summed E-state index contributed by atoms with van der Waals surface area (Å²) in [5.41, 5.74) is 2.03. The molecule has 0 aliphatic heterocycles. The molecule has 0 saturated heterocycles. The number of amides is 1. The van der Waals surface area contributed by atoms with Crippen molar-refractivity contribution in [1.29, 1.82) is 0 Å². The fourth-order valence-electron chi connectivity index (χ4n) is 1.49. The van der Waals surface area contributed by atoms with Gasteiger partial charge in [-0.05, 0) is 24.1 Å². The number of nitrogens with two attached hydrogens (primary N) is 1. The van der Waals surface area contributed by atoms with Gasteiger partial charge >= 0.3 is 0 Å². The third-order valence-electron chi connectivity index (χ3n) is 2.52. The van der Waals surface area contributed by atoms with Gasteiger partial charge < -0.3 is 11.2 Å². The van der Waals surface area contributed by atoms with Crippen molar-refractivity contribution in [2.75, 3.05) is 16.9 Å². The van der Waals surface area contributed by atoms with Gasteiger partial charge in [-0.25, -0.2) is 4.68 Å². The van der Waals surface area contributed by atoms with Crippen LogP contribution in [0.1, 0.15) is 12.5 Å². The molecule has 0 aliphatic carbocycles. The fourth-order valence-corrected chi connectivity index (χ4v) is 2.12. The highest BCUT2D eigenvalue weighted by atomic mass is 32.2. The molecule has 1 aromatic carbocycles. The quantitative estimate of drug-likeness (QED) is 0.635. The standard InChI is InChI=1S/C12H15N5OS/c1-2-9-3-5-10(6-4-9)15-11(18)7-19-12-16-14-8-17(12)13/h3-6,8H,2,7,13H2,1H3,(H,15,18). The largest absolute Gasteiger partial charge is 0.336 e. The van der Waals surface area contributed by atoms with Crippen molar-refractivity contribution < 1.29 is 4.79 Å². The lowest BCUT2D eigenvalue weighted by atomic mass is 10.1. The lowest BCUT2D eigenvalue weighted by Crippen LogP contribution is -2.15. The van der Waals surface area contributed by atoms with Crippen molar-refractivity contribution in [2.24, 2.45) is 0 Å². The Kier molecular flexibility index (Phi) is 4.40. The second-order valence-electron chi connectivity index (χ2n) is 3.91. The summed E-state index contributed by atoms with van der Waals surface area (Å²) in [6.07, 6.45) is 2.37. The second kappa shape index (κ2) is 6.24. The molecule has 2 rings (SSSR count). The number of aryl methyl sites for hydroxylation is 1. The molecule has 0 spiro atoms. The average molecular weight is 277 g/mol. The zero-order chi connectivity index (χ0) is 13.7. The Bertz CT molecular complexity index is 552. The van der Waals surface area contributed by atoms with Crippen LogP contribution in [0.2, 0.25) is 0 Å². The van der Waals surface area contributed by atoms with E-state index in [9.17, 15) is 4.79 Å². The van der Waals surface area contributed by atoms with E-state index in [1.165, 1.54) is 28.3 Å². The first-order chi connectivity index (χ1) is 9.19. The summed E-state index contributed by atoms with van der Waals surface area (Å²) in [7, 11) is 0. The Labute approximate surface area is 115 Å². The maximum Gasteiger partial charge on any atom is 0.234 e. The number of rotatable bonds is 5. The van der Waals surface area contributed by atoms with Crippen molar-refractivity contribution >= 4 is 23.4 Å². The van der Waals surface area contributed by atoms with Crippen LogP contribution in [0.5, 0.6) is 0 Å². The summed E-state index contributed by atoms with van der Waals surface area (Å²) < 4.78 is 1.29. The second-order valence-corrected chi connectivity index (χ2v) is 4.85. The third-order valence-corrected chi connectivity index (χ3v) is 3.48. The van der Waals surface area contributed by atoms with Crippen LogP contribution < -0.4 is 11.2 Å². The molecule has 0 bridgehead atoms. The summed E-state index contributed by atoms with van der Waals surface area (Å²) in [4.78, 5) is 11.7. The van der Waals surface area contributed by atoms with Gasteiger partial charge in [0.05, 0.1) is 5.75 Å². The van der Waals surface area contributed by atoms with Crippen LogP contribution in [-0.2, 0) is 11.2 Å². The van der Waals surface area contributed by atoms with E-state index in [1.807, 2.05) is 24.3 Å². The van der Waals surface area contributed by atoms with Crippen LogP contribution in [0.15, 0.2) is 35.7 Å². The van der Waals surface area contributed by atoms with Crippen molar-refractivity contribution in [1.82, 2.24) is 14.9 Å². The van der Waals surface area contributed by atoms with Crippen molar-refractivity contribution in [3.63, 3.8) is 0 Å². The fraction of sp³-hybridized carbons (Fsp3) is 0.250. The number of thioether (sulfide) groups is 1. The normalized spacial score (nSPS) is 10.4. The maximum absolute atomic E-state index is 11.7. The molecule has 0 fully saturated rings. The minimum absolute atomic E-state index is 0.0998. The molecule has 0 aliphatic rings. The topological polar surface area (TPSA) is 85.8 Å². The van der Waals surface area contributed by atoms with Crippen LogP contribution in [0.4, 0.5) is 5.69 Å². The number of benzene rings is 1. The number of anilines is 1. The minimum atomic E-state index is -0.0998. The molecule has 0 saturated carbocycles. The molecule has 2 aromatic rings. The van der Waals surface area contributed by atoms with E-state index < -0.39 is 0 Å². The minimum Gasteiger partial charge on any atom is -0.336 e. The van der Waals surface area contributed by atoms with Gasteiger partial charge in [0, 0.05) is 5.69 Å². The Hall–Kier alpha value is -2.02. The Morgan fingerprint density at radius 2 is 2.16 bits per heavy atom. The number of aromatic nitrogens is 3. The molecule has 6 nitrogen and oxygen atoms in total. The van der Waals surface area contributed by atoms with E-state index in [0.717, 1.165) is 12.1 Å². The van der Waals surface area contributed by atoms with E-state index in [2.05, 4.69) is 22.4 Å². The van der Waals surface area contributed by atoms with E-state index >= 15 is 0 Å². The van der Waals surface area contributed by atoms with Crippen molar-refractivity contribution in [3.8, 4) is 0 Å². The van der Waals surface area contributed by atoms with Crippen LogP contribution >= 0.6 is 11.8 Å². The third kappa shape index (κ3) is 3.72. The average Bonchev–Trinajstić information content (AvgIpc) is 2.83. The van der Waals surface area contributed by atoms with Gasteiger partial charge in [0.15, 0.2) is 0 Å². The molecule has 1 amide bonds. The predicted molar refractivity (Wildman–Crippen MR) is 75.3 cm³/mol. The van der Waals surface area contributed by atoms with Gasteiger partial charge in [-0.1, -0.05) is 30.8 Å². The molecule has 0 atom stereocenters. The Morgan fingerprint density at radius 3 is 2.74 bits per heavy atom. The summed E-state index contributed by atoms with van der Waals surface area (Å²) in [5.74, 6) is 5.69. The number of nitrogen functional groups attached to an aromatic ring is 1. The Morgan fingerprint density at radius 1 is 1.42 bits per heavy atom. The molecular formula is C12H15N5OS. The van der Waals surface area contributed by atoms with Gasteiger partial charge in [-0.2, -0.15) is 0 Å². The van der Waals surface area contributed by atoms with Gasteiger partial charge in [0.25, 0.3) is 0 Å². The molecule has 1 aromatic heterocycles. The van der Waals surface area contributed by atoms with Gasteiger partial charge in [0.2, 0.25) is 11.1 Å². The zero-order valence-corrected chi connectivity index (χ0v) is 11.4. The van der Waals surface area contributed by atoms with E-state index in [1.54, 1.807) is 0 Å². The Balaban J connectivity index is 1.85. The highest BCUT2D eigenvalue weighted by Gasteiger charge is 2.07. The van der Waals surface area contributed by atoms with Gasteiger partial charge in [-0.15, -0.1) is 10.2 Å². The van der Waals surface area contributed by atoms with Crippen LogP contribution in [0, 0.1) is 0 Å². The number of hydrogen-bond acceptors (Lipinski definition) is 5. The van der Waals surface area contributed by atoms with Gasteiger partial charge in [0.1, 0.15) is 6.33 Å². The number of carbonyl (C=O) groups excluding carboxylic acids is 1. The smallest absolute Gasteiger partial charge is 0.234 e. The first kappa shape index (κ1) is 13.4. The summed E-state index contributed by atoms with van der Waals surface area (Å²) in [5, 5.41) is 10.8. The lowest BCUT2D eigenvalue weighted by molar-refractivity contribution is -0.113. The lowest BCUT2D eigenvalue weighted by Gasteiger charge is -2.05. The first-order valence-corrected chi connectivity index (χ1v) is 6.84. The van der Waals surface area contributed by atoms with Crippen molar-refractivity contribution in [2.45, 2.75) is 18.5 Å². The molecule has 1 heterocycles. The number of nitrogens with one attached hydrogen (secondary N) is 1. The molecular weight excluding hydrogens is 262 g/mol. The summed E-state index contributed by atoms with van der Waals surface area (Å²) in [6, 6.07) is 7.79. The van der Waals surface area contributed by atoms with E-state index in [-0.39, 0.29) is 11.7 Å². The summed E-state index contributed by atoms with van der Waals surface area (Å²) in [6.45, 7) is 2.09. The van der Waals surface area contributed by atoms with Crippen LogP contribution in [-0.4, -0.2) is 26.5 Å². The van der Waals surface area contributed by atoms with Gasteiger partial charge in [-0.3, -0.25) is 4.79 Å².